The Bertz CT molecular complexity index is 3010. The molecule has 1 nitrogen and oxygen atoms in total. The van der Waals surface area contributed by atoms with Gasteiger partial charge in [0.15, 0.2) is 0 Å². The Balaban J connectivity index is 1.11. The fourth-order valence-corrected chi connectivity index (χ4v) is 11.3. The quantitative estimate of drug-likeness (QED) is 0.170. The van der Waals surface area contributed by atoms with E-state index in [1.807, 2.05) is 11.3 Å². The second kappa shape index (κ2) is 12.5. The van der Waals surface area contributed by atoms with Crippen molar-refractivity contribution >= 4 is 48.6 Å². The van der Waals surface area contributed by atoms with Gasteiger partial charge in [0, 0.05) is 26.8 Å². The molecule has 2 heteroatoms. The average Bonchev–Trinajstić information content (AvgIpc) is 3.92. The highest BCUT2D eigenvalue weighted by Gasteiger charge is 2.52. The van der Waals surface area contributed by atoms with Crippen molar-refractivity contribution in [2.75, 3.05) is 4.90 Å². The minimum absolute atomic E-state index is 0.403. The third-order valence-electron chi connectivity index (χ3n) is 12.3. The standard InChI is InChI=1S/C55H35NS/c1-3-14-36(15-4-1)38-26-30-40(31-27-38)56(41-32-28-39(29-33-41)37-16-5-2-6-17-37)51-25-13-21-46-47-35-34-45-44-20-9-12-24-50(44)55(52(45)54(47)57-53(46)51)48-22-10-7-18-42(48)43-19-8-11-23-49(43)55/h1-35H. The van der Waals surface area contributed by atoms with E-state index in [-0.39, 0.29) is 0 Å². The first kappa shape index (κ1) is 32.3. The van der Waals surface area contributed by atoms with Crippen LogP contribution in [0.4, 0.5) is 17.1 Å². The molecule has 1 aromatic heterocycles. The first-order chi connectivity index (χ1) is 28.3. The van der Waals surface area contributed by atoms with Crippen LogP contribution in [0.3, 0.4) is 0 Å². The van der Waals surface area contributed by atoms with Crippen LogP contribution < -0.4 is 4.90 Å². The van der Waals surface area contributed by atoms with Crippen molar-refractivity contribution in [3.05, 3.63) is 235 Å². The molecule has 57 heavy (non-hydrogen) atoms. The van der Waals surface area contributed by atoms with E-state index in [9.17, 15) is 0 Å². The smallest absolute Gasteiger partial charge is 0.0739 e. The summed E-state index contributed by atoms with van der Waals surface area (Å²) < 4.78 is 2.64. The molecule has 0 fully saturated rings. The lowest BCUT2D eigenvalue weighted by atomic mass is 9.70. The summed E-state index contributed by atoms with van der Waals surface area (Å²) in [6.07, 6.45) is 0. The Morgan fingerprint density at radius 2 is 0.754 bits per heavy atom. The van der Waals surface area contributed by atoms with Crippen LogP contribution in [0.5, 0.6) is 0 Å². The third-order valence-corrected chi connectivity index (χ3v) is 13.6. The van der Waals surface area contributed by atoms with Gasteiger partial charge in [-0.15, -0.1) is 11.3 Å². The molecule has 0 bridgehead atoms. The summed E-state index contributed by atoms with van der Waals surface area (Å²) in [5, 5.41) is 2.59. The first-order valence-electron chi connectivity index (χ1n) is 19.7. The Morgan fingerprint density at radius 1 is 0.316 bits per heavy atom. The van der Waals surface area contributed by atoms with Crippen LogP contribution in [0.1, 0.15) is 22.3 Å². The largest absolute Gasteiger partial charge is 0.309 e. The second-order valence-electron chi connectivity index (χ2n) is 15.2. The van der Waals surface area contributed by atoms with Crippen LogP contribution in [0.2, 0.25) is 0 Å². The number of hydrogen-bond donors (Lipinski definition) is 0. The van der Waals surface area contributed by atoms with Gasteiger partial charge in [0.1, 0.15) is 0 Å². The van der Waals surface area contributed by atoms with Gasteiger partial charge in [-0.1, -0.05) is 182 Å². The van der Waals surface area contributed by atoms with E-state index in [0.29, 0.717) is 0 Å². The SMILES string of the molecule is c1ccc(-c2ccc(N(c3ccc(-c4ccccc4)cc3)c3cccc4c3sc3c5c(ccc34)-c3ccccc3C53c4ccccc4-c4ccccc43)cc2)cc1. The zero-order valence-electron chi connectivity index (χ0n) is 31.1. The molecule has 2 aliphatic carbocycles. The number of rotatable bonds is 5. The zero-order valence-corrected chi connectivity index (χ0v) is 31.9. The number of fused-ring (bicyclic) bond motifs is 14. The predicted molar refractivity (Wildman–Crippen MR) is 241 cm³/mol. The van der Waals surface area contributed by atoms with E-state index in [4.69, 9.17) is 0 Å². The molecular formula is C55H35NS. The molecule has 0 saturated carbocycles. The molecule has 9 aromatic carbocycles. The highest BCUT2D eigenvalue weighted by molar-refractivity contribution is 7.26. The van der Waals surface area contributed by atoms with Crippen molar-refractivity contribution < 1.29 is 0 Å². The lowest BCUT2D eigenvalue weighted by Gasteiger charge is -2.30. The molecule has 1 heterocycles. The Labute approximate surface area is 336 Å². The molecule has 0 saturated heterocycles. The number of anilines is 3. The number of hydrogen-bond acceptors (Lipinski definition) is 2. The van der Waals surface area contributed by atoms with E-state index in [1.165, 1.54) is 92.6 Å². The monoisotopic (exact) mass is 741 g/mol. The summed E-state index contributed by atoms with van der Waals surface area (Å²) in [6, 6.07) is 78.4. The zero-order chi connectivity index (χ0) is 37.5. The number of nitrogens with zero attached hydrogens (tertiary/aromatic N) is 1. The van der Waals surface area contributed by atoms with Crippen molar-refractivity contribution in [1.82, 2.24) is 0 Å². The van der Waals surface area contributed by atoms with Gasteiger partial charge in [-0.2, -0.15) is 0 Å². The van der Waals surface area contributed by atoms with E-state index < -0.39 is 5.41 Å². The van der Waals surface area contributed by atoms with Crippen LogP contribution in [0.15, 0.2) is 212 Å². The lowest BCUT2D eigenvalue weighted by molar-refractivity contribution is 0.802. The first-order valence-corrected chi connectivity index (χ1v) is 20.5. The molecule has 0 N–H and O–H groups in total. The van der Waals surface area contributed by atoms with Crippen LogP contribution in [0, 0.1) is 0 Å². The van der Waals surface area contributed by atoms with Crippen LogP contribution in [0.25, 0.3) is 64.7 Å². The van der Waals surface area contributed by atoms with Gasteiger partial charge in [-0.05, 0) is 97.1 Å². The maximum atomic E-state index is 2.45. The van der Waals surface area contributed by atoms with Gasteiger partial charge in [-0.25, -0.2) is 0 Å². The Hall–Kier alpha value is -7.00. The van der Waals surface area contributed by atoms with Crippen molar-refractivity contribution in [3.8, 4) is 44.5 Å². The average molecular weight is 742 g/mol. The minimum atomic E-state index is -0.403. The molecule has 0 atom stereocenters. The molecule has 10 aromatic rings. The van der Waals surface area contributed by atoms with E-state index in [2.05, 4.69) is 217 Å². The summed E-state index contributed by atoms with van der Waals surface area (Å²) in [7, 11) is 0. The fraction of sp³-hybridized carbons (Fsp3) is 0.0182. The van der Waals surface area contributed by atoms with Crippen molar-refractivity contribution in [1.29, 1.82) is 0 Å². The molecule has 266 valence electrons. The second-order valence-corrected chi connectivity index (χ2v) is 16.2. The summed E-state index contributed by atoms with van der Waals surface area (Å²) in [4.78, 5) is 2.45. The Morgan fingerprint density at radius 3 is 1.28 bits per heavy atom. The summed E-state index contributed by atoms with van der Waals surface area (Å²) in [5.41, 5.74) is 18.7. The van der Waals surface area contributed by atoms with Crippen molar-refractivity contribution in [2.24, 2.45) is 0 Å². The molecule has 1 spiro atoms. The van der Waals surface area contributed by atoms with Crippen molar-refractivity contribution in [3.63, 3.8) is 0 Å². The highest BCUT2D eigenvalue weighted by Crippen LogP contribution is 2.65. The van der Waals surface area contributed by atoms with Crippen LogP contribution in [-0.4, -0.2) is 0 Å². The minimum Gasteiger partial charge on any atom is -0.309 e. The highest BCUT2D eigenvalue weighted by atomic mass is 32.1. The number of thiophene rings is 1. The van der Waals surface area contributed by atoms with Crippen LogP contribution in [-0.2, 0) is 5.41 Å². The van der Waals surface area contributed by atoms with Gasteiger partial charge in [0.05, 0.1) is 15.8 Å². The fourth-order valence-electron chi connectivity index (χ4n) is 9.89. The van der Waals surface area contributed by atoms with E-state index in [0.717, 1.165) is 11.4 Å². The predicted octanol–water partition coefficient (Wildman–Crippen LogP) is 15.2. The van der Waals surface area contributed by atoms with Gasteiger partial charge >= 0.3 is 0 Å². The van der Waals surface area contributed by atoms with Crippen LogP contribution >= 0.6 is 11.3 Å². The molecule has 2 aliphatic rings. The number of benzene rings is 9. The topological polar surface area (TPSA) is 3.24 Å². The van der Waals surface area contributed by atoms with E-state index >= 15 is 0 Å². The molecule has 0 radical (unpaired) electrons. The molecule has 0 unspecified atom stereocenters. The molecule has 0 aliphatic heterocycles. The molecular weight excluding hydrogens is 707 g/mol. The lowest BCUT2D eigenvalue weighted by Crippen LogP contribution is -2.25. The van der Waals surface area contributed by atoms with Gasteiger partial charge in [0.2, 0.25) is 0 Å². The maximum Gasteiger partial charge on any atom is 0.0739 e. The summed E-state index contributed by atoms with van der Waals surface area (Å²) in [6.45, 7) is 0. The third kappa shape index (κ3) is 4.62. The summed E-state index contributed by atoms with van der Waals surface area (Å²) in [5.74, 6) is 0. The molecule has 12 rings (SSSR count). The van der Waals surface area contributed by atoms with Gasteiger partial charge in [0.25, 0.3) is 0 Å². The van der Waals surface area contributed by atoms with E-state index in [1.54, 1.807) is 0 Å². The maximum absolute atomic E-state index is 2.45. The Kier molecular flexibility index (Phi) is 7.08. The summed E-state index contributed by atoms with van der Waals surface area (Å²) >= 11 is 1.95. The van der Waals surface area contributed by atoms with Crippen molar-refractivity contribution in [2.45, 2.75) is 5.41 Å². The van der Waals surface area contributed by atoms with Gasteiger partial charge in [-0.3, -0.25) is 0 Å². The normalized spacial score (nSPS) is 13.1. The van der Waals surface area contributed by atoms with Gasteiger partial charge < -0.3 is 4.90 Å². The molecule has 0 amide bonds.